The quantitative estimate of drug-likeness (QED) is 0.609. The molecule has 126 valence electrons. The highest BCUT2D eigenvalue weighted by molar-refractivity contribution is 7.20. The van der Waals surface area contributed by atoms with E-state index in [1.807, 2.05) is 0 Å². The van der Waals surface area contributed by atoms with Crippen molar-refractivity contribution in [3.63, 3.8) is 0 Å². The van der Waals surface area contributed by atoms with Crippen molar-refractivity contribution in [2.75, 3.05) is 5.32 Å². The van der Waals surface area contributed by atoms with Gasteiger partial charge in [-0.2, -0.15) is 0 Å². The van der Waals surface area contributed by atoms with Gasteiger partial charge in [0.15, 0.2) is 11.9 Å². The number of anilines is 1. The van der Waals surface area contributed by atoms with Crippen molar-refractivity contribution in [3.8, 4) is 0 Å². The van der Waals surface area contributed by atoms with Gasteiger partial charge < -0.3 is 10.1 Å². The average Bonchev–Trinajstić information content (AvgIpc) is 2.86. The minimum atomic E-state index is -1.05. The topological polar surface area (TPSA) is 72.5 Å². The van der Waals surface area contributed by atoms with Crippen molar-refractivity contribution < 1.29 is 19.1 Å². The Morgan fingerprint density at radius 2 is 1.92 bits per heavy atom. The molecule has 0 aliphatic carbocycles. The molecule has 1 N–H and O–H groups in total. The average molecular weight is 386 g/mol. The molecule has 0 aliphatic rings. The SMILES string of the molecule is CC(=O)c1cccc(NC(=O)C(C)OC(=O)c2cc(Cl)sc2Cl)c1. The molecule has 1 unspecified atom stereocenters. The van der Waals surface area contributed by atoms with Crippen LogP contribution < -0.4 is 5.32 Å². The number of carbonyl (C=O) groups is 3. The van der Waals surface area contributed by atoms with Crippen molar-refractivity contribution in [1.29, 1.82) is 0 Å². The molecule has 8 heteroatoms. The van der Waals surface area contributed by atoms with Gasteiger partial charge in [0.05, 0.1) is 9.90 Å². The van der Waals surface area contributed by atoms with Gasteiger partial charge in [0.2, 0.25) is 0 Å². The van der Waals surface area contributed by atoms with Gasteiger partial charge in [-0.1, -0.05) is 35.3 Å². The summed E-state index contributed by atoms with van der Waals surface area (Å²) in [5, 5.41) is 2.59. The van der Waals surface area contributed by atoms with Crippen molar-refractivity contribution in [2.24, 2.45) is 0 Å². The first-order chi connectivity index (χ1) is 11.3. The number of amides is 1. The standard InChI is InChI=1S/C16H13Cl2NO4S/c1-8(20)10-4-3-5-11(6-10)19-15(21)9(2)23-16(22)12-7-13(17)24-14(12)18/h3-7,9H,1-2H3,(H,19,21). The maximum Gasteiger partial charge on any atom is 0.341 e. The van der Waals surface area contributed by atoms with E-state index in [4.69, 9.17) is 27.9 Å². The minimum absolute atomic E-state index is 0.116. The first kappa shape index (κ1) is 18.4. The number of Topliss-reactive ketones (excluding diaryl/α,β-unsaturated/α-hetero) is 1. The molecule has 5 nitrogen and oxygen atoms in total. The van der Waals surface area contributed by atoms with E-state index in [0.717, 1.165) is 11.3 Å². The monoisotopic (exact) mass is 385 g/mol. The molecule has 24 heavy (non-hydrogen) atoms. The number of ether oxygens (including phenoxy) is 1. The normalized spacial score (nSPS) is 11.7. The Morgan fingerprint density at radius 3 is 2.50 bits per heavy atom. The lowest BCUT2D eigenvalue weighted by Crippen LogP contribution is -2.30. The lowest BCUT2D eigenvalue weighted by molar-refractivity contribution is -0.123. The second-order valence-corrected chi connectivity index (χ2v) is 7.20. The van der Waals surface area contributed by atoms with Crippen molar-refractivity contribution in [1.82, 2.24) is 0 Å². The van der Waals surface area contributed by atoms with Gasteiger partial charge in [0.25, 0.3) is 5.91 Å². The molecule has 0 saturated carbocycles. The first-order valence-electron chi connectivity index (χ1n) is 6.85. The molecule has 2 aromatic rings. The molecular weight excluding hydrogens is 373 g/mol. The maximum atomic E-state index is 12.1. The summed E-state index contributed by atoms with van der Waals surface area (Å²) in [6, 6.07) is 7.86. The zero-order valence-electron chi connectivity index (χ0n) is 12.8. The minimum Gasteiger partial charge on any atom is -0.449 e. The van der Waals surface area contributed by atoms with Crippen LogP contribution in [0.15, 0.2) is 30.3 Å². The highest BCUT2D eigenvalue weighted by Gasteiger charge is 2.22. The van der Waals surface area contributed by atoms with E-state index in [0.29, 0.717) is 15.6 Å². The van der Waals surface area contributed by atoms with Crippen LogP contribution in [-0.4, -0.2) is 23.8 Å². The number of halogens is 2. The summed E-state index contributed by atoms with van der Waals surface area (Å²) in [5.74, 6) is -1.38. The Morgan fingerprint density at radius 1 is 1.21 bits per heavy atom. The largest absolute Gasteiger partial charge is 0.449 e. The Labute approximate surface area is 152 Å². The van der Waals surface area contributed by atoms with E-state index in [1.54, 1.807) is 24.3 Å². The first-order valence-corrected chi connectivity index (χ1v) is 8.43. The fourth-order valence-corrected chi connectivity index (χ4v) is 3.26. The third-order valence-electron chi connectivity index (χ3n) is 3.07. The van der Waals surface area contributed by atoms with Crippen LogP contribution in [0.2, 0.25) is 8.67 Å². The van der Waals surface area contributed by atoms with E-state index in [1.165, 1.54) is 19.9 Å². The highest BCUT2D eigenvalue weighted by Crippen LogP contribution is 2.31. The van der Waals surface area contributed by atoms with E-state index in [9.17, 15) is 14.4 Å². The summed E-state index contributed by atoms with van der Waals surface area (Å²) in [6.45, 7) is 2.87. The van der Waals surface area contributed by atoms with Crippen LogP contribution in [0, 0.1) is 0 Å². The van der Waals surface area contributed by atoms with Crippen LogP contribution in [-0.2, 0) is 9.53 Å². The van der Waals surface area contributed by atoms with Gasteiger partial charge in [-0.05, 0) is 32.0 Å². The summed E-state index contributed by atoms with van der Waals surface area (Å²) < 4.78 is 5.64. The van der Waals surface area contributed by atoms with Crippen LogP contribution in [0.4, 0.5) is 5.69 Å². The van der Waals surface area contributed by atoms with Crippen molar-refractivity contribution in [2.45, 2.75) is 20.0 Å². The van der Waals surface area contributed by atoms with Crippen LogP contribution in [0.1, 0.15) is 34.6 Å². The molecule has 2 rings (SSSR count). The Balaban J connectivity index is 2.02. The molecule has 0 spiro atoms. The second-order valence-electron chi connectivity index (χ2n) is 4.91. The molecule has 0 saturated heterocycles. The predicted octanol–water partition coefficient (Wildman–Crippen LogP) is 4.44. The van der Waals surface area contributed by atoms with Crippen molar-refractivity contribution in [3.05, 3.63) is 50.1 Å². The zero-order valence-corrected chi connectivity index (χ0v) is 15.1. The Bertz CT molecular complexity index is 803. The van der Waals surface area contributed by atoms with Crippen LogP contribution >= 0.6 is 34.5 Å². The van der Waals surface area contributed by atoms with E-state index in [-0.39, 0.29) is 15.7 Å². The molecule has 1 aromatic carbocycles. The number of ketones is 1. The van der Waals surface area contributed by atoms with Gasteiger partial charge in [-0.3, -0.25) is 9.59 Å². The maximum absolute atomic E-state index is 12.1. The number of hydrogen-bond donors (Lipinski definition) is 1. The van der Waals surface area contributed by atoms with E-state index < -0.39 is 18.0 Å². The summed E-state index contributed by atoms with van der Waals surface area (Å²) in [6.07, 6.45) is -1.05. The lowest BCUT2D eigenvalue weighted by Gasteiger charge is -2.13. The number of esters is 1. The number of carbonyl (C=O) groups excluding carboxylic acids is 3. The fourth-order valence-electron chi connectivity index (χ4n) is 1.82. The fraction of sp³-hybridized carbons (Fsp3) is 0.188. The number of rotatable bonds is 5. The molecule has 1 aromatic heterocycles. The Kier molecular flexibility index (Phi) is 5.99. The summed E-state index contributed by atoms with van der Waals surface area (Å²) >= 11 is 12.7. The molecule has 0 bridgehead atoms. The van der Waals surface area contributed by atoms with Crippen molar-refractivity contribution >= 4 is 57.9 Å². The third kappa shape index (κ3) is 4.56. The third-order valence-corrected chi connectivity index (χ3v) is 4.55. The van der Waals surface area contributed by atoms with Gasteiger partial charge in [-0.25, -0.2) is 4.79 Å². The van der Waals surface area contributed by atoms with Gasteiger partial charge in [0.1, 0.15) is 4.34 Å². The smallest absolute Gasteiger partial charge is 0.341 e. The van der Waals surface area contributed by atoms with E-state index >= 15 is 0 Å². The van der Waals surface area contributed by atoms with Gasteiger partial charge in [0, 0.05) is 11.3 Å². The molecule has 0 radical (unpaired) electrons. The molecule has 1 atom stereocenters. The highest BCUT2D eigenvalue weighted by atomic mass is 35.5. The number of thiophene rings is 1. The molecule has 0 aliphatic heterocycles. The number of hydrogen-bond acceptors (Lipinski definition) is 5. The predicted molar refractivity (Wildman–Crippen MR) is 94.3 cm³/mol. The van der Waals surface area contributed by atoms with Crippen LogP contribution in [0.25, 0.3) is 0 Å². The molecular formula is C16H13Cl2NO4S. The lowest BCUT2D eigenvalue weighted by atomic mass is 10.1. The van der Waals surface area contributed by atoms with Gasteiger partial charge >= 0.3 is 5.97 Å². The Hall–Kier alpha value is -1.89. The summed E-state index contributed by atoms with van der Waals surface area (Å²) in [4.78, 5) is 35.5. The number of nitrogens with one attached hydrogen (secondary N) is 1. The molecule has 1 heterocycles. The number of benzene rings is 1. The summed E-state index contributed by atoms with van der Waals surface area (Å²) in [7, 11) is 0. The van der Waals surface area contributed by atoms with E-state index in [2.05, 4.69) is 5.32 Å². The van der Waals surface area contributed by atoms with Crippen LogP contribution in [0.3, 0.4) is 0 Å². The summed E-state index contributed by atoms with van der Waals surface area (Å²) in [5.41, 5.74) is 1.02. The van der Waals surface area contributed by atoms with Crippen LogP contribution in [0.5, 0.6) is 0 Å². The molecule has 1 amide bonds. The van der Waals surface area contributed by atoms with Gasteiger partial charge in [-0.15, -0.1) is 11.3 Å². The zero-order chi connectivity index (χ0) is 17.9. The second kappa shape index (κ2) is 7.79. The molecule has 0 fully saturated rings.